The smallest absolute Gasteiger partial charge is 0.265 e. The van der Waals surface area contributed by atoms with Crippen LogP contribution in [0.1, 0.15) is 27.7 Å². The quantitative estimate of drug-likeness (QED) is 0.559. The van der Waals surface area contributed by atoms with Gasteiger partial charge >= 0.3 is 0 Å². The summed E-state index contributed by atoms with van der Waals surface area (Å²) < 4.78 is 5.77. The molecule has 0 saturated carbocycles. The highest BCUT2D eigenvalue weighted by atomic mass is 35.5. The molecule has 2 amide bonds. The Labute approximate surface area is 172 Å². The SMILES string of the molecule is CC(=O)Nc1ccc(NC(=O)c2cc(COc3ccc(Cl)c(C)c3)cs2)cc1. The third kappa shape index (κ3) is 5.34. The van der Waals surface area contributed by atoms with E-state index in [2.05, 4.69) is 10.6 Å². The highest BCUT2D eigenvalue weighted by Gasteiger charge is 2.10. The van der Waals surface area contributed by atoms with E-state index in [0.717, 1.165) is 16.9 Å². The molecule has 0 aliphatic rings. The number of aryl methyl sites for hydroxylation is 1. The predicted molar refractivity (Wildman–Crippen MR) is 114 cm³/mol. The molecule has 5 nitrogen and oxygen atoms in total. The fraction of sp³-hybridized carbons (Fsp3) is 0.143. The minimum absolute atomic E-state index is 0.140. The average Bonchev–Trinajstić information content (AvgIpc) is 3.13. The molecular weight excluding hydrogens is 396 g/mol. The third-order valence-electron chi connectivity index (χ3n) is 3.88. The van der Waals surface area contributed by atoms with Crippen molar-refractivity contribution in [2.45, 2.75) is 20.5 Å². The van der Waals surface area contributed by atoms with E-state index in [4.69, 9.17) is 16.3 Å². The van der Waals surface area contributed by atoms with Crippen LogP contribution in [0, 0.1) is 6.92 Å². The monoisotopic (exact) mass is 414 g/mol. The second-order valence-corrected chi connectivity index (χ2v) is 7.55. The van der Waals surface area contributed by atoms with Crippen molar-refractivity contribution < 1.29 is 14.3 Å². The van der Waals surface area contributed by atoms with Crippen LogP contribution in [0.15, 0.2) is 53.9 Å². The summed E-state index contributed by atoms with van der Waals surface area (Å²) in [5.41, 5.74) is 3.21. The number of hydrogen-bond donors (Lipinski definition) is 2. The van der Waals surface area contributed by atoms with Crippen LogP contribution in [-0.4, -0.2) is 11.8 Å². The van der Waals surface area contributed by atoms with Gasteiger partial charge in [0.15, 0.2) is 0 Å². The zero-order valence-electron chi connectivity index (χ0n) is 15.4. The standard InChI is InChI=1S/C21H19ClN2O3S/c1-13-9-18(7-8-19(13)22)27-11-15-10-20(28-12-15)21(26)24-17-5-3-16(4-6-17)23-14(2)25/h3-10,12H,11H2,1-2H3,(H,23,25)(H,24,26). The summed E-state index contributed by atoms with van der Waals surface area (Å²) in [5, 5.41) is 8.13. The topological polar surface area (TPSA) is 67.4 Å². The van der Waals surface area contributed by atoms with Crippen molar-refractivity contribution in [2.24, 2.45) is 0 Å². The number of hydrogen-bond acceptors (Lipinski definition) is 4. The van der Waals surface area contributed by atoms with Crippen LogP contribution in [0.25, 0.3) is 0 Å². The minimum atomic E-state index is -0.189. The molecular formula is C21H19ClN2O3S. The molecule has 3 rings (SSSR count). The van der Waals surface area contributed by atoms with Crippen molar-refractivity contribution in [3.8, 4) is 5.75 Å². The summed E-state index contributed by atoms with van der Waals surface area (Å²) >= 11 is 7.38. The molecule has 0 fully saturated rings. The fourth-order valence-electron chi connectivity index (χ4n) is 2.48. The lowest BCUT2D eigenvalue weighted by atomic mass is 10.2. The molecule has 0 saturated heterocycles. The van der Waals surface area contributed by atoms with E-state index in [-0.39, 0.29) is 11.8 Å². The minimum Gasteiger partial charge on any atom is -0.489 e. The molecule has 0 unspecified atom stereocenters. The first kappa shape index (κ1) is 19.9. The summed E-state index contributed by atoms with van der Waals surface area (Å²) in [6, 6.07) is 14.3. The Hall–Kier alpha value is -2.83. The van der Waals surface area contributed by atoms with E-state index in [9.17, 15) is 9.59 Å². The van der Waals surface area contributed by atoms with Gasteiger partial charge in [-0.1, -0.05) is 11.6 Å². The number of thiophene rings is 1. The zero-order valence-corrected chi connectivity index (χ0v) is 17.0. The van der Waals surface area contributed by atoms with Crippen LogP contribution in [0.4, 0.5) is 11.4 Å². The van der Waals surface area contributed by atoms with E-state index >= 15 is 0 Å². The third-order valence-corrected chi connectivity index (χ3v) is 5.28. The van der Waals surface area contributed by atoms with Crippen molar-refractivity contribution >= 4 is 46.1 Å². The first-order chi connectivity index (χ1) is 13.4. The Morgan fingerprint density at radius 2 is 1.71 bits per heavy atom. The number of carbonyl (C=O) groups excluding carboxylic acids is 2. The molecule has 0 aliphatic heterocycles. The molecule has 0 atom stereocenters. The van der Waals surface area contributed by atoms with Crippen molar-refractivity contribution in [3.05, 3.63) is 74.9 Å². The maximum absolute atomic E-state index is 12.4. The average molecular weight is 415 g/mol. The molecule has 1 heterocycles. The molecule has 0 bridgehead atoms. The molecule has 1 aromatic heterocycles. The van der Waals surface area contributed by atoms with Crippen LogP contribution in [0.3, 0.4) is 0 Å². The fourth-order valence-corrected chi connectivity index (χ4v) is 3.39. The lowest BCUT2D eigenvalue weighted by Crippen LogP contribution is -2.10. The Morgan fingerprint density at radius 1 is 1.04 bits per heavy atom. The van der Waals surface area contributed by atoms with Crippen molar-refractivity contribution in [1.29, 1.82) is 0 Å². The van der Waals surface area contributed by atoms with Gasteiger partial charge < -0.3 is 15.4 Å². The first-order valence-corrected chi connectivity index (χ1v) is 9.82. The van der Waals surface area contributed by atoms with Gasteiger partial charge in [-0.3, -0.25) is 9.59 Å². The molecule has 2 aromatic carbocycles. The Kier molecular flexibility index (Phi) is 6.34. The van der Waals surface area contributed by atoms with Crippen molar-refractivity contribution in [2.75, 3.05) is 10.6 Å². The van der Waals surface area contributed by atoms with Gasteiger partial charge in [-0.15, -0.1) is 11.3 Å². The molecule has 0 aliphatic carbocycles. The van der Waals surface area contributed by atoms with E-state index < -0.39 is 0 Å². The van der Waals surface area contributed by atoms with E-state index in [0.29, 0.717) is 27.9 Å². The molecule has 28 heavy (non-hydrogen) atoms. The molecule has 2 N–H and O–H groups in total. The van der Waals surface area contributed by atoms with Gasteiger partial charge in [0.2, 0.25) is 5.91 Å². The maximum atomic E-state index is 12.4. The lowest BCUT2D eigenvalue weighted by molar-refractivity contribution is -0.114. The Bertz CT molecular complexity index is 999. The number of benzene rings is 2. The van der Waals surface area contributed by atoms with Gasteiger partial charge in [-0.25, -0.2) is 0 Å². The largest absolute Gasteiger partial charge is 0.489 e. The summed E-state index contributed by atoms with van der Waals surface area (Å²) in [7, 11) is 0. The molecule has 0 radical (unpaired) electrons. The maximum Gasteiger partial charge on any atom is 0.265 e. The van der Waals surface area contributed by atoms with Gasteiger partial charge in [-0.2, -0.15) is 0 Å². The van der Waals surface area contributed by atoms with E-state index in [1.165, 1.54) is 18.3 Å². The number of nitrogens with one attached hydrogen (secondary N) is 2. The van der Waals surface area contributed by atoms with Crippen LogP contribution < -0.4 is 15.4 Å². The highest BCUT2D eigenvalue weighted by Crippen LogP contribution is 2.23. The summed E-state index contributed by atoms with van der Waals surface area (Å²) in [5.74, 6) is 0.406. The number of amides is 2. The van der Waals surface area contributed by atoms with Crippen molar-refractivity contribution in [1.82, 2.24) is 0 Å². The van der Waals surface area contributed by atoms with Gasteiger partial charge in [0.05, 0.1) is 4.88 Å². The predicted octanol–water partition coefficient (Wildman–Crippen LogP) is 5.50. The number of halogens is 1. The zero-order chi connectivity index (χ0) is 20.1. The van der Waals surface area contributed by atoms with Crippen LogP contribution in [0.5, 0.6) is 5.75 Å². The van der Waals surface area contributed by atoms with Gasteiger partial charge in [-0.05, 0) is 66.4 Å². The Balaban J connectivity index is 1.57. The summed E-state index contributed by atoms with van der Waals surface area (Å²) in [6.45, 7) is 3.74. The van der Waals surface area contributed by atoms with Crippen LogP contribution >= 0.6 is 22.9 Å². The van der Waals surface area contributed by atoms with Crippen molar-refractivity contribution in [3.63, 3.8) is 0 Å². The molecule has 3 aromatic rings. The summed E-state index contributed by atoms with van der Waals surface area (Å²) in [6.07, 6.45) is 0. The second kappa shape index (κ2) is 8.91. The van der Waals surface area contributed by atoms with E-state index in [1.54, 1.807) is 30.3 Å². The van der Waals surface area contributed by atoms with Gasteiger partial charge in [0.1, 0.15) is 12.4 Å². The highest BCUT2D eigenvalue weighted by molar-refractivity contribution is 7.12. The molecule has 144 valence electrons. The van der Waals surface area contributed by atoms with Crippen LogP contribution in [-0.2, 0) is 11.4 Å². The first-order valence-electron chi connectivity index (χ1n) is 8.56. The molecule has 0 spiro atoms. The lowest BCUT2D eigenvalue weighted by Gasteiger charge is -2.07. The van der Waals surface area contributed by atoms with Crippen LogP contribution in [0.2, 0.25) is 5.02 Å². The summed E-state index contributed by atoms with van der Waals surface area (Å²) in [4.78, 5) is 24.1. The van der Waals surface area contributed by atoms with E-state index in [1.807, 2.05) is 30.5 Å². The van der Waals surface area contributed by atoms with Gasteiger partial charge in [0.25, 0.3) is 5.91 Å². The molecule has 7 heteroatoms. The van der Waals surface area contributed by atoms with Gasteiger partial charge in [0, 0.05) is 28.9 Å². The second-order valence-electron chi connectivity index (χ2n) is 6.23. The number of carbonyl (C=O) groups is 2. The number of rotatable bonds is 6. The number of anilines is 2. The number of ether oxygens (including phenoxy) is 1. The normalized spacial score (nSPS) is 10.4. The Morgan fingerprint density at radius 3 is 2.36 bits per heavy atom.